The van der Waals surface area contributed by atoms with E-state index in [9.17, 15) is 14.0 Å². The highest BCUT2D eigenvalue weighted by molar-refractivity contribution is 7.99. The van der Waals surface area contributed by atoms with Gasteiger partial charge in [-0.25, -0.2) is 9.37 Å². The quantitative estimate of drug-likeness (QED) is 0.343. The van der Waals surface area contributed by atoms with E-state index in [1.807, 2.05) is 0 Å². The third-order valence-electron chi connectivity index (χ3n) is 3.73. The second-order valence-corrected chi connectivity index (χ2v) is 7.51. The Balaban J connectivity index is 1.83. The average Bonchev–Trinajstić information content (AvgIpc) is 2.65. The Kier molecular flexibility index (Phi) is 6.39. The van der Waals surface area contributed by atoms with Gasteiger partial charge >= 0.3 is 0 Å². The van der Waals surface area contributed by atoms with Gasteiger partial charge in [0.15, 0.2) is 5.16 Å². The highest BCUT2D eigenvalue weighted by Crippen LogP contribution is 2.22. The third kappa shape index (κ3) is 4.55. The number of allylic oxidation sites excluding steroid dienone is 1. The molecule has 1 heterocycles. The van der Waals surface area contributed by atoms with Crippen LogP contribution >= 0.6 is 35.0 Å². The molecule has 0 unspecified atom stereocenters. The molecule has 0 fully saturated rings. The molecule has 0 aliphatic carbocycles. The zero-order valence-corrected chi connectivity index (χ0v) is 16.7. The number of aromatic nitrogens is 2. The molecule has 0 saturated carbocycles. The number of carbonyl (C=O) groups is 1. The number of halogens is 3. The molecule has 2 aromatic carbocycles. The molecule has 0 aliphatic heterocycles. The molecule has 0 bridgehead atoms. The lowest BCUT2D eigenvalue weighted by atomic mass is 10.2. The highest BCUT2D eigenvalue weighted by Gasteiger charge is 2.13. The van der Waals surface area contributed by atoms with Crippen molar-refractivity contribution in [2.24, 2.45) is 0 Å². The van der Waals surface area contributed by atoms with E-state index in [0.717, 1.165) is 11.8 Å². The maximum Gasteiger partial charge on any atom is 0.262 e. The maximum absolute atomic E-state index is 13.2. The molecular weight excluding hydrogens is 424 g/mol. The summed E-state index contributed by atoms with van der Waals surface area (Å²) in [7, 11) is 0. The van der Waals surface area contributed by atoms with Gasteiger partial charge in [0.05, 0.1) is 21.7 Å². The summed E-state index contributed by atoms with van der Waals surface area (Å²) in [5, 5.41) is 3.80. The van der Waals surface area contributed by atoms with Gasteiger partial charge in [0.2, 0.25) is 5.91 Å². The fourth-order valence-corrected chi connectivity index (χ4v) is 3.63. The summed E-state index contributed by atoms with van der Waals surface area (Å²) in [6, 6.07) is 8.74. The number of rotatable bonds is 6. The van der Waals surface area contributed by atoms with E-state index < -0.39 is 5.82 Å². The van der Waals surface area contributed by atoms with Crippen LogP contribution in [0.5, 0.6) is 0 Å². The van der Waals surface area contributed by atoms with Crippen molar-refractivity contribution in [3.8, 4) is 0 Å². The first-order valence-corrected chi connectivity index (χ1v) is 9.82. The summed E-state index contributed by atoms with van der Waals surface area (Å²) in [5.41, 5.74) is 0.583. The van der Waals surface area contributed by atoms with Crippen molar-refractivity contribution in [2.45, 2.75) is 11.7 Å². The van der Waals surface area contributed by atoms with Gasteiger partial charge in [0.1, 0.15) is 5.82 Å². The molecule has 3 aromatic rings. The van der Waals surface area contributed by atoms with Crippen LogP contribution in [0.25, 0.3) is 10.9 Å². The van der Waals surface area contributed by atoms with Crippen molar-refractivity contribution in [1.82, 2.24) is 9.55 Å². The van der Waals surface area contributed by atoms with Gasteiger partial charge in [0.25, 0.3) is 5.56 Å². The topological polar surface area (TPSA) is 64.0 Å². The molecule has 5 nitrogen and oxygen atoms in total. The molecule has 28 heavy (non-hydrogen) atoms. The van der Waals surface area contributed by atoms with E-state index in [1.165, 1.54) is 22.8 Å². The molecule has 1 aromatic heterocycles. The lowest BCUT2D eigenvalue weighted by Crippen LogP contribution is -2.23. The van der Waals surface area contributed by atoms with Crippen LogP contribution in [-0.2, 0) is 11.3 Å². The molecule has 1 N–H and O–H groups in total. The number of nitrogens with one attached hydrogen (secondary N) is 1. The minimum atomic E-state index is -0.568. The van der Waals surface area contributed by atoms with Gasteiger partial charge in [-0.3, -0.25) is 14.2 Å². The Morgan fingerprint density at radius 2 is 2.07 bits per heavy atom. The first-order chi connectivity index (χ1) is 13.4. The van der Waals surface area contributed by atoms with Gasteiger partial charge in [0, 0.05) is 17.3 Å². The van der Waals surface area contributed by atoms with E-state index in [-0.39, 0.29) is 28.8 Å². The van der Waals surface area contributed by atoms with E-state index in [4.69, 9.17) is 23.2 Å². The highest BCUT2D eigenvalue weighted by atomic mass is 35.5. The van der Waals surface area contributed by atoms with Gasteiger partial charge in [-0.2, -0.15) is 0 Å². The number of hydrogen-bond donors (Lipinski definition) is 1. The number of amides is 1. The van der Waals surface area contributed by atoms with Crippen LogP contribution in [0.2, 0.25) is 10.0 Å². The summed E-state index contributed by atoms with van der Waals surface area (Å²) in [4.78, 5) is 29.4. The minimum absolute atomic E-state index is 0.00928. The lowest BCUT2D eigenvalue weighted by Gasteiger charge is -2.12. The Bertz CT molecular complexity index is 1130. The molecular formula is C19H14Cl2FN3O2S. The van der Waals surface area contributed by atoms with Crippen LogP contribution < -0.4 is 10.9 Å². The summed E-state index contributed by atoms with van der Waals surface area (Å²) in [6.45, 7) is 3.91. The monoisotopic (exact) mass is 437 g/mol. The Morgan fingerprint density at radius 1 is 1.29 bits per heavy atom. The Morgan fingerprint density at radius 3 is 2.79 bits per heavy atom. The number of nitrogens with zero attached hydrogens (tertiary/aromatic N) is 2. The molecule has 3 rings (SSSR count). The summed E-state index contributed by atoms with van der Waals surface area (Å²) >= 11 is 12.8. The smallest absolute Gasteiger partial charge is 0.262 e. The first kappa shape index (κ1) is 20.4. The zero-order chi connectivity index (χ0) is 20.3. The number of thioether (sulfide) groups is 1. The molecule has 0 radical (unpaired) electrons. The van der Waals surface area contributed by atoms with E-state index in [0.29, 0.717) is 26.8 Å². The van der Waals surface area contributed by atoms with Gasteiger partial charge < -0.3 is 5.32 Å². The van der Waals surface area contributed by atoms with Crippen LogP contribution in [-0.4, -0.2) is 21.2 Å². The van der Waals surface area contributed by atoms with Crippen molar-refractivity contribution in [2.75, 3.05) is 11.1 Å². The molecule has 144 valence electrons. The second kappa shape index (κ2) is 8.77. The van der Waals surface area contributed by atoms with Crippen molar-refractivity contribution in [3.05, 3.63) is 75.3 Å². The first-order valence-electron chi connectivity index (χ1n) is 8.07. The number of hydrogen-bond acceptors (Lipinski definition) is 4. The van der Waals surface area contributed by atoms with Crippen molar-refractivity contribution in [3.63, 3.8) is 0 Å². The standard InChI is InChI=1S/C19H14Cl2FN3O2S/c1-2-7-25-18(27)13-5-3-11(20)8-16(13)24-19(25)28-10-17(26)23-12-4-6-15(22)14(21)9-12/h2-6,8-9H,1,7,10H2,(H,23,26). The predicted molar refractivity (Wildman–Crippen MR) is 112 cm³/mol. The minimum Gasteiger partial charge on any atom is -0.325 e. The number of carbonyl (C=O) groups excluding carboxylic acids is 1. The fourth-order valence-electron chi connectivity index (χ4n) is 2.48. The molecule has 0 aliphatic rings. The lowest BCUT2D eigenvalue weighted by molar-refractivity contribution is -0.113. The normalized spacial score (nSPS) is 10.8. The summed E-state index contributed by atoms with van der Waals surface area (Å²) < 4.78 is 14.6. The average molecular weight is 438 g/mol. The van der Waals surface area contributed by atoms with E-state index >= 15 is 0 Å². The van der Waals surface area contributed by atoms with Crippen LogP contribution in [0.4, 0.5) is 10.1 Å². The van der Waals surface area contributed by atoms with Gasteiger partial charge in [-0.15, -0.1) is 6.58 Å². The Hall–Kier alpha value is -2.35. The van der Waals surface area contributed by atoms with Crippen LogP contribution in [0.15, 0.2) is 59.0 Å². The van der Waals surface area contributed by atoms with E-state index in [2.05, 4.69) is 16.9 Å². The molecule has 0 saturated heterocycles. The van der Waals surface area contributed by atoms with Crippen molar-refractivity contribution in [1.29, 1.82) is 0 Å². The SMILES string of the molecule is C=CCn1c(SCC(=O)Nc2ccc(F)c(Cl)c2)nc2cc(Cl)ccc2c1=O. The van der Waals surface area contributed by atoms with Crippen LogP contribution in [0.1, 0.15) is 0 Å². The summed E-state index contributed by atoms with van der Waals surface area (Å²) in [5.74, 6) is -0.926. The van der Waals surface area contributed by atoms with Gasteiger partial charge in [-0.1, -0.05) is 41.0 Å². The largest absolute Gasteiger partial charge is 0.325 e. The number of benzene rings is 2. The van der Waals surface area contributed by atoms with Crippen molar-refractivity contribution >= 4 is 57.5 Å². The third-order valence-corrected chi connectivity index (χ3v) is 5.23. The number of anilines is 1. The number of fused-ring (bicyclic) bond motifs is 1. The Labute approximate surface area is 174 Å². The zero-order valence-electron chi connectivity index (χ0n) is 14.4. The fraction of sp³-hybridized carbons (Fsp3) is 0.105. The second-order valence-electron chi connectivity index (χ2n) is 5.73. The van der Waals surface area contributed by atoms with Gasteiger partial charge in [-0.05, 0) is 36.4 Å². The van der Waals surface area contributed by atoms with Crippen LogP contribution in [0.3, 0.4) is 0 Å². The molecule has 9 heteroatoms. The predicted octanol–water partition coefficient (Wildman–Crippen LogP) is 4.76. The molecule has 0 spiro atoms. The molecule has 0 atom stereocenters. The van der Waals surface area contributed by atoms with Crippen molar-refractivity contribution < 1.29 is 9.18 Å². The maximum atomic E-state index is 13.2. The van der Waals surface area contributed by atoms with Crippen LogP contribution in [0, 0.1) is 5.82 Å². The molecule has 1 amide bonds. The van der Waals surface area contributed by atoms with E-state index in [1.54, 1.807) is 24.3 Å². The summed E-state index contributed by atoms with van der Waals surface area (Å²) in [6.07, 6.45) is 1.58.